The molecule has 0 aliphatic heterocycles. The highest BCUT2D eigenvalue weighted by molar-refractivity contribution is 5.42. The lowest BCUT2D eigenvalue weighted by molar-refractivity contribution is 0.165. The van der Waals surface area contributed by atoms with Crippen molar-refractivity contribution in [3.63, 3.8) is 0 Å². The molecule has 0 saturated heterocycles. The van der Waals surface area contributed by atoms with Gasteiger partial charge in [-0.1, -0.05) is 76.2 Å². The summed E-state index contributed by atoms with van der Waals surface area (Å²) in [5, 5.41) is 29.2. The van der Waals surface area contributed by atoms with E-state index >= 15 is 0 Å². The monoisotopic (exact) mass is 482 g/mol. The highest BCUT2D eigenvalue weighted by Crippen LogP contribution is 2.38. The quantitative estimate of drug-likeness (QED) is 0.242. The van der Waals surface area contributed by atoms with E-state index in [1.165, 1.54) is 0 Å². The van der Waals surface area contributed by atoms with E-state index in [2.05, 4.69) is 39.8 Å². The van der Waals surface area contributed by atoms with Gasteiger partial charge in [-0.15, -0.1) is 0 Å². The SMILES string of the molecule is CC(C)(CC(Oc1ccc(C(C)(C)c2ccc(O)cc2)cc1)c1ccc(O)cc1)c1ccc(O)cc1. The van der Waals surface area contributed by atoms with E-state index < -0.39 is 0 Å². The van der Waals surface area contributed by atoms with E-state index in [0.717, 1.165) is 28.0 Å². The Bertz CT molecular complexity index is 1270. The molecule has 186 valence electrons. The van der Waals surface area contributed by atoms with Gasteiger partial charge in [0.2, 0.25) is 0 Å². The first-order valence-corrected chi connectivity index (χ1v) is 12.2. The van der Waals surface area contributed by atoms with Gasteiger partial charge in [0.25, 0.3) is 0 Å². The van der Waals surface area contributed by atoms with Crippen LogP contribution in [-0.4, -0.2) is 15.3 Å². The number of phenols is 3. The number of hydrogen-bond acceptors (Lipinski definition) is 4. The van der Waals surface area contributed by atoms with E-state index in [0.29, 0.717) is 6.42 Å². The van der Waals surface area contributed by atoms with Gasteiger partial charge in [-0.05, 0) is 82.6 Å². The molecule has 0 fully saturated rings. The zero-order valence-electron chi connectivity index (χ0n) is 21.3. The molecule has 4 aromatic rings. The maximum absolute atomic E-state index is 9.80. The van der Waals surface area contributed by atoms with Gasteiger partial charge in [0.15, 0.2) is 0 Å². The summed E-state index contributed by atoms with van der Waals surface area (Å²) in [5.74, 6) is 1.49. The van der Waals surface area contributed by atoms with Gasteiger partial charge in [0.1, 0.15) is 29.1 Å². The van der Waals surface area contributed by atoms with Gasteiger partial charge in [-0.25, -0.2) is 0 Å². The first-order valence-electron chi connectivity index (χ1n) is 12.2. The predicted molar refractivity (Wildman–Crippen MR) is 144 cm³/mol. The molecule has 0 aliphatic carbocycles. The molecular weight excluding hydrogens is 448 g/mol. The van der Waals surface area contributed by atoms with Crippen molar-refractivity contribution in [3.8, 4) is 23.0 Å². The topological polar surface area (TPSA) is 69.9 Å². The first-order chi connectivity index (χ1) is 17.0. The fraction of sp³-hybridized carbons (Fsp3) is 0.250. The minimum atomic E-state index is -0.245. The number of aromatic hydroxyl groups is 3. The Morgan fingerprint density at radius 1 is 0.556 bits per heavy atom. The fourth-order valence-corrected chi connectivity index (χ4v) is 4.57. The number of benzene rings is 4. The fourth-order valence-electron chi connectivity index (χ4n) is 4.57. The molecule has 0 heterocycles. The van der Waals surface area contributed by atoms with Crippen molar-refractivity contribution in [1.82, 2.24) is 0 Å². The Balaban J connectivity index is 1.59. The molecule has 0 aliphatic rings. The van der Waals surface area contributed by atoms with E-state index in [1.54, 1.807) is 36.4 Å². The molecule has 4 aromatic carbocycles. The zero-order chi connectivity index (χ0) is 25.9. The van der Waals surface area contributed by atoms with Gasteiger partial charge in [0, 0.05) is 5.41 Å². The minimum Gasteiger partial charge on any atom is -0.508 e. The summed E-state index contributed by atoms with van der Waals surface area (Å²) in [6, 6.07) is 30.0. The van der Waals surface area contributed by atoms with E-state index in [9.17, 15) is 15.3 Å². The molecule has 4 heteroatoms. The van der Waals surface area contributed by atoms with Crippen LogP contribution in [0.5, 0.6) is 23.0 Å². The first kappa shape index (κ1) is 25.2. The van der Waals surface area contributed by atoms with Crippen LogP contribution < -0.4 is 4.74 Å². The summed E-state index contributed by atoms with van der Waals surface area (Å²) in [6.45, 7) is 8.65. The summed E-state index contributed by atoms with van der Waals surface area (Å²) in [7, 11) is 0. The molecular formula is C32H34O4. The maximum atomic E-state index is 9.80. The van der Waals surface area contributed by atoms with Crippen molar-refractivity contribution >= 4 is 0 Å². The number of ether oxygens (including phenoxy) is 1. The third-order valence-electron chi connectivity index (χ3n) is 7.05. The van der Waals surface area contributed by atoms with Crippen molar-refractivity contribution < 1.29 is 20.1 Å². The standard InChI is InChI=1S/C32H34O4/c1-31(2,23-7-15-27(34)16-8-23)21-30(22-5-13-26(33)14-6-22)36-29-19-11-25(12-20-29)32(3,4)24-9-17-28(35)18-10-24/h5-20,30,33-35H,21H2,1-4H3. The van der Waals surface area contributed by atoms with Crippen LogP contribution in [0.25, 0.3) is 0 Å². The van der Waals surface area contributed by atoms with E-state index in [1.807, 2.05) is 48.5 Å². The summed E-state index contributed by atoms with van der Waals surface area (Å²) < 4.78 is 6.55. The van der Waals surface area contributed by atoms with Crippen LogP contribution in [0.1, 0.15) is 62.5 Å². The lowest BCUT2D eigenvalue weighted by Gasteiger charge is -2.31. The number of phenolic OH excluding ortho intramolecular Hbond substituents is 3. The van der Waals surface area contributed by atoms with Gasteiger partial charge in [-0.3, -0.25) is 0 Å². The normalized spacial score (nSPS) is 12.8. The molecule has 1 atom stereocenters. The second-order valence-electron chi connectivity index (χ2n) is 10.5. The molecule has 0 radical (unpaired) electrons. The highest BCUT2D eigenvalue weighted by atomic mass is 16.5. The Morgan fingerprint density at radius 2 is 0.944 bits per heavy atom. The van der Waals surface area contributed by atoms with Crippen LogP contribution in [-0.2, 0) is 10.8 Å². The van der Waals surface area contributed by atoms with Crippen LogP contribution in [0, 0.1) is 0 Å². The summed E-state index contributed by atoms with van der Waals surface area (Å²) in [5.41, 5.74) is 3.89. The lowest BCUT2D eigenvalue weighted by Crippen LogP contribution is -2.23. The van der Waals surface area contributed by atoms with Crippen LogP contribution in [0.3, 0.4) is 0 Å². The molecule has 3 N–H and O–H groups in total. The summed E-state index contributed by atoms with van der Waals surface area (Å²) in [4.78, 5) is 0. The summed E-state index contributed by atoms with van der Waals surface area (Å²) >= 11 is 0. The van der Waals surface area contributed by atoms with Crippen molar-refractivity contribution in [1.29, 1.82) is 0 Å². The zero-order valence-corrected chi connectivity index (χ0v) is 21.3. The average Bonchev–Trinajstić information content (AvgIpc) is 2.85. The maximum Gasteiger partial charge on any atom is 0.125 e. The van der Waals surface area contributed by atoms with Crippen molar-refractivity contribution in [3.05, 3.63) is 119 Å². The Labute approximate surface area is 213 Å². The van der Waals surface area contributed by atoms with E-state index in [-0.39, 0.29) is 34.2 Å². The smallest absolute Gasteiger partial charge is 0.125 e. The average molecular weight is 483 g/mol. The van der Waals surface area contributed by atoms with Crippen LogP contribution in [0.15, 0.2) is 97.1 Å². The molecule has 4 rings (SSSR count). The van der Waals surface area contributed by atoms with Crippen molar-refractivity contribution in [2.75, 3.05) is 0 Å². The van der Waals surface area contributed by atoms with E-state index in [4.69, 9.17) is 4.74 Å². The molecule has 1 unspecified atom stereocenters. The molecule has 0 aromatic heterocycles. The van der Waals surface area contributed by atoms with Crippen LogP contribution >= 0.6 is 0 Å². The number of hydrogen-bond donors (Lipinski definition) is 3. The number of rotatable bonds is 8. The molecule has 0 amide bonds. The minimum absolute atomic E-state index is 0.219. The highest BCUT2D eigenvalue weighted by Gasteiger charge is 2.28. The van der Waals surface area contributed by atoms with Crippen molar-refractivity contribution in [2.24, 2.45) is 0 Å². The predicted octanol–water partition coefficient (Wildman–Crippen LogP) is 7.62. The van der Waals surface area contributed by atoms with Crippen LogP contribution in [0.4, 0.5) is 0 Å². The van der Waals surface area contributed by atoms with Gasteiger partial charge >= 0.3 is 0 Å². The lowest BCUT2D eigenvalue weighted by atomic mass is 9.78. The second-order valence-corrected chi connectivity index (χ2v) is 10.5. The molecule has 0 bridgehead atoms. The Morgan fingerprint density at radius 3 is 1.42 bits per heavy atom. The second kappa shape index (κ2) is 9.98. The Kier molecular flexibility index (Phi) is 6.98. The van der Waals surface area contributed by atoms with Gasteiger partial charge in [-0.2, -0.15) is 0 Å². The Hall–Kier alpha value is -3.92. The molecule has 0 saturated carbocycles. The third kappa shape index (κ3) is 5.65. The van der Waals surface area contributed by atoms with Crippen molar-refractivity contribution in [2.45, 2.75) is 51.0 Å². The third-order valence-corrected chi connectivity index (χ3v) is 7.05. The largest absolute Gasteiger partial charge is 0.508 e. The molecule has 4 nitrogen and oxygen atoms in total. The summed E-state index contributed by atoms with van der Waals surface area (Å²) in [6.07, 6.45) is 0.453. The molecule has 0 spiro atoms. The van der Waals surface area contributed by atoms with Gasteiger partial charge < -0.3 is 20.1 Å². The molecule has 36 heavy (non-hydrogen) atoms. The van der Waals surface area contributed by atoms with Crippen LogP contribution in [0.2, 0.25) is 0 Å². The van der Waals surface area contributed by atoms with Gasteiger partial charge in [0.05, 0.1) is 0 Å².